The highest BCUT2D eigenvalue weighted by molar-refractivity contribution is 14.0. The summed E-state index contributed by atoms with van der Waals surface area (Å²) in [4.78, 5) is 16.9. The second kappa shape index (κ2) is 8.16. The zero-order valence-electron chi connectivity index (χ0n) is 12.1. The molecule has 21 heavy (non-hydrogen) atoms. The molecule has 116 valence electrons. The average Bonchev–Trinajstić information content (AvgIpc) is 2.45. The smallest absolute Gasteiger partial charge is 0.274 e. The van der Waals surface area contributed by atoms with Gasteiger partial charge in [0.15, 0.2) is 5.96 Å². The molecule has 1 saturated heterocycles. The topological polar surface area (TPSA) is 84.8 Å². The van der Waals surface area contributed by atoms with Crippen LogP contribution in [0, 0.1) is 16.0 Å². The molecule has 0 aromatic heterocycles. The molecule has 1 aliphatic heterocycles. The first kappa shape index (κ1) is 17.7. The standard InChI is InChI=1S/C14H20N4O2.HI/c1-11-6-8-17(9-7-11)14(15)16-10-12-4-2-3-5-13(12)18(19)20;/h2-5,11H,6-10H2,1H3,(H2,15,16);1H. The van der Waals surface area contributed by atoms with E-state index < -0.39 is 0 Å². The lowest BCUT2D eigenvalue weighted by atomic mass is 10.00. The van der Waals surface area contributed by atoms with Crippen molar-refractivity contribution in [3.8, 4) is 0 Å². The van der Waals surface area contributed by atoms with Gasteiger partial charge in [-0.1, -0.05) is 25.1 Å². The molecule has 0 atom stereocenters. The normalized spacial score (nSPS) is 16.4. The third-order valence-electron chi connectivity index (χ3n) is 3.71. The third kappa shape index (κ3) is 4.83. The first-order valence-electron chi connectivity index (χ1n) is 6.85. The number of likely N-dealkylation sites (tertiary alicyclic amines) is 1. The molecule has 0 aliphatic carbocycles. The van der Waals surface area contributed by atoms with Gasteiger partial charge in [0.2, 0.25) is 0 Å². The first-order valence-corrected chi connectivity index (χ1v) is 6.85. The fourth-order valence-corrected chi connectivity index (χ4v) is 2.33. The van der Waals surface area contributed by atoms with Gasteiger partial charge in [0.1, 0.15) is 0 Å². The zero-order valence-corrected chi connectivity index (χ0v) is 14.4. The van der Waals surface area contributed by atoms with Crippen LogP contribution in [0.25, 0.3) is 0 Å². The van der Waals surface area contributed by atoms with Crippen LogP contribution in [-0.2, 0) is 6.54 Å². The van der Waals surface area contributed by atoms with Crippen molar-refractivity contribution in [1.82, 2.24) is 4.90 Å². The molecule has 1 aromatic carbocycles. The summed E-state index contributed by atoms with van der Waals surface area (Å²) in [6.45, 7) is 4.30. The average molecular weight is 404 g/mol. The van der Waals surface area contributed by atoms with Crippen LogP contribution < -0.4 is 5.73 Å². The van der Waals surface area contributed by atoms with Crippen LogP contribution >= 0.6 is 24.0 Å². The van der Waals surface area contributed by atoms with E-state index in [2.05, 4.69) is 16.8 Å². The maximum atomic E-state index is 10.9. The van der Waals surface area contributed by atoms with Gasteiger partial charge < -0.3 is 10.6 Å². The lowest BCUT2D eigenvalue weighted by molar-refractivity contribution is -0.385. The fraction of sp³-hybridized carbons (Fsp3) is 0.500. The van der Waals surface area contributed by atoms with E-state index in [0.717, 1.165) is 31.8 Å². The Labute approximate surface area is 141 Å². The van der Waals surface area contributed by atoms with Gasteiger partial charge in [-0.15, -0.1) is 24.0 Å². The Hall–Kier alpha value is -1.38. The molecule has 0 radical (unpaired) electrons. The maximum Gasteiger partial charge on any atom is 0.274 e. The van der Waals surface area contributed by atoms with Crippen molar-refractivity contribution < 1.29 is 4.92 Å². The Morgan fingerprint density at radius 3 is 2.67 bits per heavy atom. The minimum absolute atomic E-state index is 0. The SMILES string of the molecule is CC1CCN(C(N)=NCc2ccccc2[N+](=O)[O-])CC1.I. The summed E-state index contributed by atoms with van der Waals surface area (Å²) in [5.41, 5.74) is 6.66. The van der Waals surface area contributed by atoms with E-state index in [-0.39, 0.29) is 41.1 Å². The molecule has 0 amide bonds. The van der Waals surface area contributed by atoms with Gasteiger partial charge in [-0.25, -0.2) is 4.99 Å². The number of piperidine rings is 1. The minimum Gasteiger partial charge on any atom is -0.370 e. The molecule has 1 heterocycles. The number of nitro groups is 1. The summed E-state index contributed by atoms with van der Waals surface area (Å²) >= 11 is 0. The molecule has 1 aliphatic rings. The van der Waals surface area contributed by atoms with E-state index in [0.29, 0.717) is 11.5 Å². The molecule has 0 unspecified atom stereocenters. The van der Waals surface area contributed by atoms with Crippen molar-refractivity contribution in [3.63, 3.8) is 0 Å². The Morgan fingerprint density at radius 1 is 1.43 bits per heavy atom. The number of nitro benzene ring substituents is 1. The van der Waals surface area contributed by atoms with Gasteiger partial charge >= 0.3 is 0 Å². The number of aliphatic imine (C=N–C) groups is 1. The molecular weight excluding hydrogens is 383 g/mol. The second-order valence-electron chi connectivity index (χ2n) is 5.23. The number of guanidine groups is 1. The van der Waals surface area contributed by atoms with E-state index in [1.807, 2.05) is 0 Å². The van der Waals surface area contributed by atoms with Gasteiger partial charge in [0.25, 0.3) is 5.69 Å². The molecule has 7 heteroatoms. The van der Waals surface area contributed by atoms with E-state index in [1.165, 1.54) is 6.07 Å². The molecule has 0 bridgehead atoms. The van der Waals surface area contributed by atoms with E-state index in [1.54, 1.807) is 18.2 Å². The van der Waals surface area contributed by atoms with Crippen molar-refractivity contribution in [1.29, 1.82) is 0 Å². The predicted octanol–water partition coefficient (Wildman–Crippen LogP) is 2.76. The number of hydrogen-bond acceptors (Lipinski definition) is 3. The van der Waals surface area contributed by atoms with Gasteiger partial charge in [-0.05, 0) is 18.8 Å². The molecular formula is C14H21IN4O2. The molecule has 2 rings (SSSR count). The van der Waals surface area contributed by atoms with Crippen LogP contribution in [0.2, 0.25) is 0 Å². The Kier molecular flexibility index (Phi) is 6.86. The Balaban J connectivity index is 0.00000220. The molecule has 1 aromatic rings. The highest BCUT2D eigenvalue weighted by atomic mass is 127. The summed E-state index contributed by atoms with van der Waals surface area (Å²) in [5, 5.41) is 10.9. The third-order valence-corrected chi connectivity index (χ3v) is 3.71. The lowest BCUT2D eigenvalue weighted by Gasteiger charge is -2.31. The van der Waals surface area contributed by atoms with Crippen LogP contribution in [0.3, 0.4) is 0 Å². The molecule has 6 nitrogen and oxygen atoms in total. The molecule has 0 saturated carbocycles. The van der Waals surface area contributed by atoms with Crippen LogP contribution in [0.15, 0.2) is 29.3 Å². The number of halogens is 1. The molecule has 1 fully saturated rings. The largest absolute Gasteiger partial charge is 0.370 e. The number of para-hydroxylation sites is 1. The van der Waals surface area contributed by atoms with Crippen LogP contribution in [0.5, 0.6) is 0 Å². The Morgan fingerprint density at radius 2 is 2.05 bits per heavy atom. The first-order chi connectivity index (χ1) is 9.58. The number of rotatable bonds is 3. The van der Waals surface area contributed by atoms with Crippen molar-refractivity contribution in [3.05, 3.63) is 39.9 Å². The minimum atomic E-state index is -0.385. The van der Waals surface area contributed by atoms with Crippen molar-refractivity contribution in [2.45, 2.75) is 26.3 Å². The summed E-state index contributed by atoms with van der Waals surface area (Å²) in [6, 6.07) is 6.63. The highest BCUT2D eigenvalue weighted by Crippen LogP contribution is 2.19. The monoisotopic (exact) mass is 404 g/mol. The van der Waals surface area contributed by atoms with Gasteiger partial charge in [-0.3, -0.25) is 10.1 Å². The summed E-state index contributed by atoms with van der Waals surface area (Å²) in [6.07, 6.45) is 2.23. The van der Waals surface area contributed by atoms with Crippen LogP contribution in [0.1, 0.15) is 25.3 Å². The number of benzene rings is 1. The predicted molar refractivity (Wildman–Crippen MR) is 93.8 cm³/mol. The van der Waals surface area contributed by atoms with Crippen molar-refractivity contribution in [2.24, 2.45) is 16.6 Å². The lowest BCUT2D eigenvalue weighted by Crippen LogP contribution is -2.42. The van der Waals surface area contributed by atoms with E-state index >= 15 is 0 Å². The van der Waals surface area contributed by atoms with Crippen LogP contribution in [0.4, 0.5) is 5.69 Å². The molecule has 0 spiro atoms. The summed E-state index contributed by atoms with van der Waals surface area (Å²) < 4.78 is 0. The Bertz CT molecular complexity index is 513. The maximum absolute atomic E-state index is 10.9. The number of hydrogen-bond donors (Lipinski definition) is 1. The number of nitrogens with two attached hydrogens (primary N) is 1. The van der Waals surface area contributed by atoms with Gasteiger partial charge in [0.05, 0.1) is 17.0 Å². The summed E-state index contributed by atoms with van der Waals surface area (Å²) in [7, 11) is 0. The quantitative estimate of drug-likeness (QED) is 0.276. The van der Waals surface area contributed by atoms with E-state index in [4.69, 9.17) is 5.73 Å². The fourth-order valence-electron chi connectivity index (χ4n) is 2.33. The highest BCUT2D eigenvalue weighted by Gasteiger charge is 2.17. The molecule has 2 N–H and O–H groups in total. The van der Waals surface area contributed by atoms with Crippen molar-refractivity contribution >= 4 is 35.6 Å². The van der Waals surface area contributed by atoms with Crippen molar-refractivity contribution in [2.75, 3.05) is 13.1 Å². The van der Waals surface area contributed by atoms with Crippen LogP contribution in [-0.4, -0.2) is 28.9 Å². The summed E-state index contributed by atoms with van der Waals surface area (Å²) in [5.74, 6) is 1.21. The number of nitrogens with zero attached hydrogens (tertiary/aromatic N) is 3. The second-order valence-corrected chi connectivity index (χ2v) is 5.23. The zero-order chi connectivity index (χ0) is 14.5. The van der Waals surface area contributed by atoms with E-state index in [9.17, 15) is 10.1 Å². The van der Waals surface area contributed by atoms with Gasteiger partial charge in [-0.2, -0.15) is 0 Å². The van der Waals surface area contributed by atoms with Gasteiger partial charge in [0, 0.05) is 19.2 Å².